The van der Waals surface area contributed by atoms with E-state index >= 15 is 0 Å². The van der Waals surface area contributed by atoms with E-state index in [9.17, 15) is 4.79 Å². The van der Waals surface area contributed by atoms with Gasteiger partial charge in [0, 0.05) is 37.6 Å². The minimum Gasteiger partial charge on any atom is -0.373 e. The van der Waals surface area contributed by atoms with Crippen molar-refractivity contribution in [3.63, 3.8) is 0 Å². The first-order valence-electron chi connectivity index (χ1n) is 9.16. The minimum absolute atomic E-state index is 0.00505. The number of nitrogens with one attached hydrogen (secondary N) is 2. The number of ether oxygens (including phenoxy) is 1. The zero-order valence-corrected chi connectivity index (χ0v) is 16.1. The SMILES string of the molecule is CC[C@H](NC(=O)NCC(C)(C)N1C[C@H](C)O[C@@H](C)C1)c1ccncc1. The van der Waals surface area contributed by atoms with Crippen LogP contribution < -0.4 is 10.6 Å². The zero-order valence-electron chi connectivity index (χ0n) is 16.1. The Labute approximate surface area is 151 Å². The maximum Gasteiger partial charge on any atom is 0.315 e. The fourth-order valence-electron chi connectivity index (χ4n) is 3.31. The van der Waals surface area contributed by atoms with E-state index in [0.29, 0.717) is 6.54 Å². The van der Waals surface area contributed by atoms with E-state index in [2.05, 4.69) is 55.1 Å². The van der Waals surface area contributed by atoms with Gasteiger partial charge in [0.15, 0.2) is 0 Å². The smallest absolute Gasteiger partial charge is 0.315 e. The lowest BCUT2D eigenvalue weighted by Crippen LogP contribution is -2.59. The summed E-state index contributed by atoms with van der Waals surface area (Å²) in [6.07, 6.45) is 4.77. The first kappa shape index (κ1) is 19.7. The molecule has 2 heterocycles. The number of amides is 2. The number of carbonyl (C=O) groups excluding carboxylic acids is 1. The van der Waals surface area contributed by atoms with Gasteiger partial charge in [-0.1, -0.05) is 6.92 Å². The number of hydrogen-bond donors (Lipinski definition) is 2. The molecule has 0 saturated carbocycles. The third-order valence-electron chi connectivity index (χ3n) is 4.78. The van der Waals surface area contributed by atoms with Crippen molar-refractivity contribution in [3.8, 4) is 0 Å². The summed E-state index contributed by atoms with van der Waals surface area (Å²) >= 11 is 0. The number of pyridine rings is 1. The minimum atomic E-state index is -0.133. The predicted molar refractivity (Wildman–Crippen MR) is 99.5 cm³/mol. The quantitative estimate of drug-likeness (QED) is 0.829. The highest BCUT2D eigenvalue weighted by Gasteiger charge is 2.33. The Bertz CT molecular complexity index is 540. The van der Waals surface area contributed by atoms with Crippen molar-refractivity contribution in [1.29, 1.82) is 0 Å². The van der Waals surface area contributed by atoms with E-state index in [1.165, 1.54) is 0 Å². The molecule has 25 heavy (non-hydrogen) atoms. The van der Waals surface area contributed by atoms with Crippen LogP contribution in [0, 0.1) is 0 Å². The Morgan fingerprint density at radius 1 is 1.32 bits per heavy atom. The molecule has 0 spiro atoms. The second-order valence-corrected chi connectivity index (χ2v) is 7.54. The average molecular weight is 348 g/mol. The third-order valence-corrected chi connectivity index (χ3v) is 4.78. The first-order chi connectivity index (χ1) is 11.8. The molecule has 3 atom stereocenters. The highest BCUT2D eigenvalue weighted by atomic mass is 16.5. The molecule has 0 aliphatic carbocycles. The molecule has 0 aromatic carbocycles. The van der Waals surface area contributed by atoms with Crippen molar-refractivity contribution in [3.05, 3.63) is 30.1 Å². The molecule has 0 radical (unpaired) electrons. The Kier molecular flexibility index (Phi) is 6.79. The summed E-state index contributed by atoms with van der Waals surface area (Å²) < 4.78 is 5.81. The van der Waals surface area contributed by atoms with Crippen LogP contribution in [0.15, 0.2) is 24.5 Å². The lowest BCUT2D eigenvalue weighted by molar-refractivity contribution is -0.0947. The van der Waals surface area contributed by atoms with Crippen molar-refractivity contribution < 1.29 is 9.53 Å². The zero-order chi connectivity index (χ0) is 18.4. The number of rotatable bonds is 6. The van der Waals surface area contributed by atoms with E-state index in [-0.39, 0.29) is 29.8 Å². The Morgan fingerprint density at radius 3 is 2.48 bits per heavy atom. The molecule has 0 bridgehead atoms. The predicted octanol–water partition coefficient (Wildman–Crippen LogP) is 2.72. The van der Waals surface area contributed by atoms with E-state index < -0.39 is 0 Å². The summed E-state index contributed by atoms with van der Waals surface area (Å²) in [7, 11) is 0. The van der Waals surface area contributed by atoms with Gasteiger partial charge in [-0.3, -0.25) is 9.88 Å². The van der Waals surface area contributed by atoms with E-state index in [4.69, 9.17) is 4.74 Å². The van der Waals surface area contributed by atoms with Gasteiger partial charge in [-0.25, -0.2) is 4.79 Å². The number of nitrogens with zero attached hydrogens (tertiary/aromatic N) is 2. The van der Waals surface area contributed by atoms with Gasteiger partial charge >= 0.3 is 6.03 Å². The van der Waals surface area contributed by atoms with Gasteiger partial charge < -0.3 is 15.4 Å². The summed E-state index contributed by atoms with van der Waals surface area (Å²) in [6.45, 7) is 12.9. The molecule has 2 rings (SSSR count). The van der Waals surface area contributed by atoms with Gasteiger partial charge in [-0.2, -0.15) is 0 Å². The molecule has 6 heteroatoms. The summed E-state index contributed by atoms with van der Waals surface area (Å²) in [5.41, 5.74) is 0.949. The lowest BCUT2D eigenvalue weighted by atomic mass is 10.00. The van der Waals surface area contributed by atoms with Crippen LogP contribution in [-0.4, -0.2) is 53.3 Å². The largest absolute Gasteiger partial charge is 0.373 e. The second kappa shape index (κ2) is 8.63. The van der Waals surface area contributed by atoms with Crippen LogP contribution >= 0.6 is 0 Å². The number of aromatic nitrogens is 1. The van der Waals surface area contributed by atoms with Crippen LogP contribution in [0.25, 0.3) is 0 Å². The van der Waals surface area contributed by atoms with Crippen molar-refractivity contribution in [2.75, 3.05) is 19.6 Å². The van der Waals surface area contributed by atoms with Gasteiger partial charge in [-0.15, -0.1) is 0 Å². The van der Waals surface area contributed by atoms with E-state index in [0.717, 1.165) is 25.1 Å². The highest BCUT2D eigenvalue weighted by Crippen LogP contribution is 2.21. The van der Waals surface area contributed by atoms with Crippen molar-refractivity contribution in [2.24, 2.45) is 0 Å². The standard InChI is InChI=1S/C19H32N4O2/c1-6-17(16-7-9-20-10-8-16)22-18(24)21-13-19(4,5)23-11-14(2)25-15(3)12-23/h7-10,14-15,17H,6,11-13H2,1-5H3,(H2,21,22,24)/t14-,15-,17-/m0/s1. The normalized spacial score (nSPS) is 23.1. The molecule has 0 unspecified atom stereocenters. The third kappa shape index (κ3) is 5.68. The van der Waals surface area contributed by atoms with Gasteiger partial charge in [0.05, 0.1) is 18.2 Å². The molecule has 1 aliphatic rings. The Balaban J connectivity index is 1.87. The summed E-state index contributed by atoms with van der Waals surface area (Å²) in [5.74, 6) is 0. The molecule has 1 aliphatic heterocycles. The average Bonchev–Trinajstić information content (AvgIpc) is 2.58. The Hall–Kier alpha value is -1.66. The topological polar surface area (TPSA) is 66.5 Å². The van der Waals surface area contributed by atoms with Gasteiger partial charge in [-0.05, 0) is 51.8 Å². The van der Waals surface area contributed by atoms with E-state index in [1.807, 2.05) is 12.1 Å². The Morgan fingerprint density at radius 2 is 1.92 bits per heavy atom. The maximum absolute atomic E-state index is 12.4. The van der Waals surface area contributed by atoms with Crippen LogP contribution in [0.3, 0.4) is 0 Å². The summed E-state index contributed by atoms with van der Waals surface area (Å²) in [6, 6.07) is 3.74. The molecule has 2 amide bonds. The van der Waals surface area contributed by atoms with Gasteiger partial charge in [0.2, 0.25) is 0 Å². The molecule has 1 fully saturated rings. The van der Waals surface area contributed by atoms with Crippen LogP contribution in [0.5, 0.6) is 0 Å². The molecular formula is C19H32N4O2. The number of morpholine rings is 1. The van der Waals surface area contributed by atoms with Crippen molar-refractivity contribution in [1.82, 2.24) is 20.5 Å². The lowest BCUT2D eigenvalue weighted by Gasteiger charge is -2.45. The van der Waals surface area contributed by atoms with E-state index in [1.54, 1.807) is 12.4 Å². The van der Waals surface area contributed by atoms with Crippen molar-refractivity contribution >= 4 is 6.03 Å². The molecule has 1 saturated heterocycles. The second-order valence-electron chi connectivity index (χ2n) is 7.54. The van der Waals surface area contributed by atoms with Crippen LogP contribution in [0.1, 0.15) is 52.6 Å². The maximum atomic E-state index is 12.4. The highest BCUT2D eigenvalue weighted by molar-refractivity contribution is 5.74. The molecule has 1 aromatic rings. The van der Waals surface area contributed by atoms with Crippen LogP contribution in [-0.2, 0) is 4.74 Å². The molecule has 6 nitrogen and oxygen atoms in total. The van der Waals surface area contributed by atoms with Crippen LogP contribution in [0.4, 0.5) is 4.79 Å². The summed E-state index contributed by atoms with van der Waals surface area (Å²) in [5, 5.41) is 6.09. The van der Waals surface area contributed by atoms with Crippen molar-refractivity contribution in [2.45, 2.75) is 64.8 Å². The first-order valence-corrected chi connectivity index (χ1v) is 9.16. The molecular weight excluding hydrogens is 316 g/mol. The fourth-order valence-corrected chi connectivity index (χ4v) is 3.31. The summed E-state index contributed by atoms with van der Waals surface area (Å²) in [4.78, 5) is 18.8. The van der Waals surface area contributed by atoms with Crippen LogP contribution in [0.2, 0.25) is 0 Å². The molecule has 2 N–H and O–H groups in total. The number of carbonyl (C=O) groups is 1. The molecule has 140 valence electrons. The van der Waals surface area contributed by atoms with Gasteiger partial charge in [0.25, 0.3) is 0 Å². The monoisotopic (exact) mass is 348 g/mol. The fraction of sp³-hybridized carbons (Fsp3) is 0.684. The molecule has 1 aromatic heterocycles. The van der Waals surface area contributed by atoms with Gasteiger partial charge in [0.1, 0.15) is 0 Å². The number of urea groups is 1. The number of hydrogen-bond acceptors (Lipinski definition) is 4.